The second-order valence-electron chi connectivity index (χ2n) is 6.96. The number of hydrogen-bond acceptors (Lipinski definition) is 4. The van der Waals surface area contributed by atoms with Crippen LogP contribution in [-0.4, -0.2) is 40.1 Å². The molecular formula is C19H26BrFN4O. The normalized spacial score (nSPS) is 19.8. The highest BCUT2D eigenvalue weighted by atomic mass is 79.9. The summed E-state index contributed by atoms with van der Waals surface area (Å²) in [6.45, 7) is 9.45. The molecule has 2 atom stereocenters. The number of aromatic nitrogens is 2. The van der Waals surface area contributed by atoms with Gasteiger partial charge in [-0.3, -0.25) is 14.3 Å². The van der Waals surface area contributed by atoms with Crippen LogP contribution in [0.25, 0.3) is 10.9 Å². The van der Waals surface area contributed by atoms with Gasteiger partial charge < -0.3 is 5.32 Å². The molecule has 2 heterocycles. The van der Waals surface area contributed by atoms with E-state index in [1.807, 2.05) is 6.92 Å². The minimum Gasteiger partial charge on any atom is -0.312 e. The smallest absolute Gasteiger partial charge is 0.261 e. The van der Waals surface area contributed by atoms with Gasteiger partial charge in [0.15, 0.2) is 5.82 Å². The fourth-order valence-electron chi connectivity index (χ4n) is 3.82. The first-order chi connectivity index (χ1) is 12.5. The SMILES string of the molecule is CCCC(c1nc2c(F)cc(Br)cc2c(=O)n1CC)N1CCN[C@@H](C)C1. The van der Waals surface area contributed by atoms with Crippen molar-refractivity contribution in [2.24, 2.45) is 0 Å². The molecule has 7 heteroatoms. The van der Waals surface area contributed by atoms with Gasteiger partial charge >= 0.3 is 0 Å². The number of piperazine rings is 1. The molecule has 1 fully saturated rings. The molecule has 0 bridgehead atoms. The van der Waals surface area contributed by atoms with E-state index in [0.29, 0.717) is 28.3 Å². The first-order valence-corrected chi connectivity index (χ1v) is 10.1. The van der Waals surface area contributed by atoms with Gasteiger partial charge in [0.1, 0.15) is 11.3 Å². The molecule has 5 nitrogen and oxygen atoms in total. The Morgan fingerprint density at radius 1 is 1.42 bits per heavy atom. The van der Waals surface area contributed by atoms with E-state index in [0.717, 1.165) is 32.5 Å². The Labute approximate surface area is 161 Å². The zero-order chi connectivity index (χ0) is 18.8. The number of fused-ring (bicyclic) bond motifs is 1. The first kappa shape index (κ1) is 19.5. The third-order valence-electron chi connectivity index (χ3n) is 5.02. The minimum atomic E-state index is -0.458. The molecule has 0 amide bonds. The van der Waals surface area contributed by atoms with Crippen LogP contribution >= 0.6 is 15.9 Å². The third-order valence-corrected chi connectivity index (χ3v) is 5.48. The van der Waals surface area contributed by atoms with Gasteiger partial charge in [0.05, 0.1) is 11.4 Å². The standard InChI is InChI=1S/C19H26BrFN4O/c1-4-6-16(24-8-7-22-12(3)11-24)18-23-17-14(19(26)25(18)5-2)9-13(20)10-15(17)21/h9-10,12,16,22H,4-8,11H2,1-3H3/t12-,16?/m0/s1. The van der Waals surface area contributed by atoms with E-state index in [4.69, 9.17) is 0 Å². The Morgan fingerprint density at radius 2 is 2.19 bits per heavy atom. The quantitative estimate of drug-likeness (QED) is 0.798. The molecule has 0 saturated carbocycles. The molecule has 1 N–H and O–H groups in total. The van der Waals surface area contributed by atoms with Crippen molar-refractivity contribution in [3.8, 4) is 0 Å². The zero-order valence-electron chi connectivity index (χ0n) is 15.6. The maximum absolute atomic E-state index is 14.5. The van der Waals surface area contributed by atoms with Gasteiger partial charge in [-0.1, -0.05) is 29.3 Å². The number of rotatable bonds is 5. The van der Waals surface area contributed by atoms with E-state index < -0.39 is 5.82 Å². The number of benzene rings is 1. The molecule has 0 aliphatic carbocycles. The van der Waals surface area contributed by atoms with Crippen LogP contribution in [0, 0.1) is 5.82 Å². The van der Waals surface area contributed by atoms with Gasteiger partial charge in [-0.25, -0.2) is 9.37 Å². The van der Waals surface area contributed by atoms with Crippen molar-refractivity contribution < 1.29 is 4.39 Å². The number of halogens is 2. The number of nitrogens with one attached hydrogen (secondary N) is 1. The van der Waals surface area contributed by atoms with Crippen molar-refractivity contribution in [2.45, 2.75) is 52.2 Å². The molecule has 3 rings (SSSR count). The Kier molecular flexibility index (Phi) is 6.10. The lowest BCUT2D eigenvalue weighted by molar-refractivity contribution is 0.132. The summed E-state index contributed by atoms with van der Waals surface area (Å²) in [4.78, 5) is 20.1. The van der Waals surface area contributed by atoms with Crippen LogP contribution in [0.2, 0.25) is 0 Å². The van der Waals surface area contributed by atoms with Gasteiger partial charge in [-0.15, -0.1) is 0 Å². The molecule has 26 heavy (non-hydrogen) atoms. The summed E-state index contributed by atoms with van der Waals surface area (Å²) in [6, 6.07) is 3.43. The van der Waals surface area contributed by atoms with E-state index in [-0.39, 0.29) is 17.1 Å². The van der Waals surface area contributed by atoms with Crippen molar-refractivity contribution in [3.05, 3.63) is 38.6 Å². The lowest BCUT2D eigenvalue weighted by atomic mass is 10.1. The monoisotopic (exact) mass is 424 g/mol. The summed E-state index contributed by atoms with van der Waals surface area (Å²) in [7, 11) is 0. The molecule has 2 aromatic rings. The Balaban J connectivity index is 2.18. The summed E-state index contributed by atoms with van der Waals surface area (Å²) in [6.07, 6.45) is 1.87. The summed E-state index contributed by atoms with van der Waals surface area (Å²) in [5.41, 5.74) is -0.000767. The van der Waals surface area contributed by atoms with E-state index >= 15 is 0 Å². The maximum Gasteiger partial charge on any atom is 0.261 e. The van der Waals surface area contributed by atoms with Crippen LogP contribution in [-0.2, 0) is 6.54 Å². The van der Waals surface area contributed by atoms with E-state index in [2.05, 4.69) is 45.0 Å². The van der Waals surface area contributed by atoms with Gasteiger partial charge in [0.25, 0.3) is 5.56 Å². The molecule has 0 radical (unpaired) electrons. The fraction of sp³-hybridized carbons (Fsp3) is 0.579. The third kappa shape index (κ3) is 3.70. The highest BCUT2D eigenvalue weighted by Crippen LogP contribution is 2.27. The van der Waals surface area contributed by atoms with Crippen LogP contribution in [0.1, 0.15) is 45.5 Å². The predicted octanol–water partition coefficient (Wildman–Crippen LogP) is 3.45. The average molecular weight is 425 g/mol. The lowest BCUT2D eigenvalue weighted by Crippen LogP contribution is -2.51. The van der Waals surface area contributed by atoms with Crippen LogP contribution < -0.4 is 10.9 Å². The van der Waals surface area contributed by atoms with Crippen LogP contribution in [0.5, 0.6) is 0 Å². The summed E-state index contributed by atoms with van der Waals surface area (Å²) >= 11 is 3.27. The van der Waals surface area contributed by atoms with Crippen molar-refractivity contribution in [3.63, 3.8) is 0 Å². The van der Waals surface area contributed by atoms with E-state index in [1.165, 1.54) is 6.07 Å². The number of hydrogen-bond donors (Lipinski definition) is 1. The summed E-state index contributed by atoms with van der Waals surface area (Å²) in [5, 5.41) is 3.77. The molecule has 1 aromatic carbocycles. The van der Waals surface area contributed by atoms with Crippen LogP contribution in [0.4, 0.5) is 4.39 Å². The highest BCUT2D eigenvalue weighted by Gasteiger charge is 2.28. The number of nitrogens with zero attached hydrogens (tertiary/aromatic N) is 3. The molecule has 1 unspecified atom stereocenters. The Hall–Kier alpha value is -1.31. The van der Waals surface area contributed by atoms with Gasteiger partial charge in [0.2, 0.25) is 0 Å². The van der Waals surface area contributed by atoms with Crippen molar-refractivity contribution in [1.29, 1.82) is 0 Å². The molecule has 1 aromatic heterocycles. The first-order valence-electron chi connectivity index (χ1n) is 9.33. The van der Waals surface area contributed by atoms with Crippen molar-refractivity contribution >= 4 is 26.8 Å². The summed E-state index contributed by atoms with van der Waals surface area (Å²) < 4.78 is 16.8. The molecule has 1 aliphatic heterocycles. The maximum atomic E-state index is 14.5. The van der Waals surface area contributed by atoms with Gasteiger partial charge in [-0.2, -0.15) is 0 Å². The fourth-order valence-corrected chi connectivity index (χ4v) is 4.25. The predicted molar refractivity (Wildman–Crippen MR) is 106 cm³/mol. The molecule has 1 saturated heterocycles. The average Bonchev–Trinajstić information content (AvgIpc) is 2.60. The zero-order valence-corrected chi connectivity index (χ0v) is 17.1. The van der Waals surface area contributed by atoms with Crippen molar-refractivity contribution in [2.75, 3.05) is 19.6 Å². The molecule has 0 spiro atoms. The minimum absolute atomic E-state index is 0.0182. The molecule has 1 aliphatic rings. The highest BCUT2D eigenvalue weighted by molar-refractivity contribution is 9.10. The second-order valence-corrected chi connectivity index (χ2v) is 7.87. The topological polar surface area (TPSA) is 50.2 Å². The Bertz CT molecular complexity index is 854. The Morgan fingerprint density at radius 3 is 2.85 bits per heavy atom. The van der Waals surface area contributed by atoms with Crippen molar-refractivity contribution in [1.82, 2.24) is 19.8 Å². The molecule has 142 valence electrons. The second kappa shape index (κ2) is 8.15. The van der Waals surface area contributed by atoms with Crippen LogP contribution in [0.3, 0.4) is 0 Å². The largest absolute Gasteiger partial charge is 0.312 e. The van der Waals surface area contributed by atoms with E-state index in [9.17, 15) is 9.18 Å². The van der Waals surface area contributed by atoms with E-state index in [1.54, 1.807) is 10.6 Å². The van der Waals surface area contributed by atoms with Crippen LogP contribution in [0.15, 0.2) is 21.4 Å². The van der Waals surface area contributed by atoms with Gasteiger partial charge in [-0.05, 0) is 32.4 Å². The summed E-state index contributed by atoms with van der Waals surface area (Å²) in [5.74, 6) is 0.224. The van der Waals surface area contributed by atoms with Gasteiger partial charge in [0, 0.05) is 36.7 Å². The lowest BCUT2D eigenvalue weighted by Gasteiger charge is -2.38. The molecular weight excluding hydrogens is 399 g/mol.